The highest BCUT2D eigenvalue weighted by Crippen LogP contribution is 2.15. The maximum Gasteiger partial charge on any atom is 0.264 e. The number of nitrogens with one attached hydrogen (secondary N) is 1. The topological polar surface area (TPSA) is 72.2 Å². The Bertz CT molecular complexity index is 874. The molecular formula is C16H14BrN5O. The van der Waals surface area contributed by atoms with Gasteiger partial charge in [-0.05, 0) is 36.8 Å². The van der Waals surface area contributed by atoms with E-state index in [1.54, 1.807) is 17.8 Å². The fraction of sp³-hybridized carbons (Fsp3) is 0.125. The minimum absolute atomic E-state index is 0.258. The number of hydrogen-bond donors (Lipinski definition) is 1. The van der Waals surface area contributed by atoms with E-state index in [0.29, 0.717) is 0 Å². The third kappa shape index (κ3) is 3.45. The minimum atomic E-state index is -0.512. The second-order valence-corrected chi connectivity index (χ2v) is 5.90. The van der Waals surface area contributed by atoms with Crippen molar-refractivity contribution in [3.05, 3.63) is 58.6 Å². The molecule has 1 heterocycles. The lowest BCUT2D eigenvalue weighted by Gasteiger charge is -2.10. The summed E-state index contributed by atoms with van der Waals surface area (Å²) in [7, 11) is 0. The summed E-state index contributed by atoms with van der Waals surface area (Å²) in [6.45, 7) is 1.76. The molecule has 0 radical (unpaired) electrons. The molecule has 7 heteroatoms. The molecule has 0 aliphatic rings. The van der Waals surface area contributed by atoms with Gasteiger partial charge in [-0.15, -0.1) is 5.10 Å². The van der Waals surface area contributed by atoms with Gasteiger partial charge in [-0.1, -0.05) is 45.4 Å². The molecule has 0 spiro atoms. The van der Waals surface area contributed by atoms with Gasteiger partial charge in [-0.3, -0.25) is 4.79 Å². The van der Waals surface area contributed by atoms with Gasteiger partial charge in [0.05, 0.1) is 11.7 Å². The molecule has 0 aliphatic carbocycles. The van der Waals surface area contributed by atoms with Gasteiger partial charge in [0.15, 0.2) is 0 Å². The largest absolute Gasteiger partial charge is 0.271 e. The number of rotatable bonds is 4. The number of nitrogens with zero attached hydrogens (tertiary/aromatic N) is 4. The zero-order valence-corrected chi connectivity index (χ0v) is 13.9. The van der Waals surface area contributed by atoms with Crippen LogP contribution >= 0.6 is 15.9 Å². The van der Waals surface area contributed by atoms with Crippen molar-refractivity contribution in [3.63, 3.8) is 0 Å². The monoisotopic (exact) mass is 371 g/mol. The van der Waals surface area contributed by atoms with Gasteiger partial charge in [-0.2, -0.15) is 5.10 Å². The van der Waals surface area contributed by atoms with Gasteiger partial charge in [0.2, 0.25) is 0 Å². The first-order chi connectivity index (χ1) is 11.1. The third-order valence-electron chi connectivity index (χ3n) is 3.36. The number of hydrazone groups is 1. The quantitative estimate of drug-likeness (QED) is 0.566. The van der Waals surface area contributed by atoms with E-state index in [-0.39, 0.29) is 5.91 Å². The maximum atomic E-state index is 12.2. The van der Waals surface area contributed by atoms with Crippen LogP contribution in [0.2, 0.25) is 0 Å². The van der Waals surface area contributed by atoms with Crippen molar-refractivity contribution >= 4 is 39.1 Å². The molecule has 0 fully saturated rings. The van der Waals surface area contributed by atoms with Crippen molar-refractivity contribution < 1.29 is 4.79 Å². The Balaban J connectivity index is 1.70. The number of aromatic nitrogens is 3. The number of para-hydroxylation sites is 1. The normalized spacial score (nSPS) is 12.6. The number of carbonyl (C=O) groups excluding carboxylic acids is 1. The maximum absolute atomic E-state index is 12.2. The van der Waals surface area contributed by atoms with Crippen molar-refractivity contribution in [2.75, 3.05) is 0 Å². The van der Waals surface area contributed by atoms with Crippen LogP contribution in [-0.2, 0) is 4.79 Å². The van der Waals surface area contributed by atoms with Crippen molar-refractivity contribution in [2.24, 2.45) is 5.10 Å². The Morgan fingerprint density at radius 2 is 2.13 bits per heavy atom. The van der Waals surface area contributed by atoms with Crippen LogP contribution in [-0.4, -0.2) is 27.1 Å². The number of amides is 1. The molecule has 2 aromatic carbocycles. The number of hydrogen-bond acceptors (Lipinski definition) is 4. The SMILES string of the molecule is C[C@@H](C(=O)NN=Cc1cccc(Br)c1)n1nnc2ccccc21. The fourth-order valence-electron chi connectivity index (χ4n) is 2.13. The molecule has 0 bridgehead atoms. The number of benzene rings is 2. The lowest BCUT2D eigenvalue weighted by Crippen LogP contribution is -2.28. The van der Waals surface area contributed by atoms with Gasteiger partial charge < -0.3 is 0 Å². The van der Waals surface area contributed by atoms with Crippen molar-refractivity contribution in [3.8, 4) is 0 Å². The molecule has 1 aromatic heterocycles. The molecule has 0 saturated heterocycles. The van der Waals surface area contributed by atoms with Crippen LogP contribution in [0.3, 0.4) is 0 Å². The summed E-state index contributed by atoms with van der Waals surface area (Å²) in [6, 6.07) is 14.6. The molecule has 0 unspecified atom stereocenters. The first-order valence-electron chi connectivity index (χ1n) is 7.03. The molecule has 23 heavy (non-hydrogen) atoms. The molecule has 3 aromatic rings. The van der Waals surface area contributed by atoms with E-state index in [0.717, 1.165) is 21.1 Å². The summed E-state index contributed by atoms with van der Waals surface area (Å²) >= 11 is 3.39. The van der Waals surface area contributed by atoms with Gasteiger partial charge in [-0.25, -0.2) is 10.1 Å². The molecular weight excluding hydrogens is 358 g/mol. The highest BCUT2D eigenvalue weighted by Gasteiger charge is 2.17. The lowest BCUT2D eigenvalue weighted by molar-refractivity contribution is -0.124. The number of fused-ring (bicyclic) bond motifs is 1. The van der Waals surface area contributed by atoms with E-state index < -0.39 is 6.04 Å². The van der Waals surface area contributed by atoms with Crippen LogP contribution < -0.4 is 5.43 Å². The first kappa shape index (κ1) is 15.4. The summed E-state index contributed by atoms with van der Waals surface area (Å²) in [4.78, 5) is 12.2. The van der Waals surface area contributed by atoms with E-state index in [9.17, 15) is 4.79 Å². The van der Waals surface area contributed by atoms with Crippen LogP contribution in [0.5, 0.6) is 0 Å². The zero-order valence-electron chi connectivity index (χ0n) is 12.3. The van der Waals surface area contributed by atoms with Crippen molar-refractivity contribution in [1.82, 2.24) is 20.4 Å². The van der Waals surface area contributed by atoms with Crippen molar-refractivity contribution in [1.29, 1.82) is 0 Å². The summed E-state index contributed by atoms with van der Waals surface area (Å²) in [5.41, 5.74) is 4.98. The predicted molar refractivity (Wildman–Crippen MR) is 92.1 cm³/mol. The Labute approximate surface area is 141 Å². The molecule has 3 rings (SSSR count). The van der Waals surface area contributed by atoms with Crippen LogP contribution in [0.25, 0.3) is 11.0 Å². The third-order valence-corrected chi connectivity index (χ3v) is 3.85. The van der Waals surface area contributed by atoms with E-state index >= 15 is 0 Å². The van der Waals surface area contributed by atoms with Crippen LogP contribution in [0.1, 0.15) is 18.5 Å². The minimum Gasteiger partial charge on any atom is -0.271 e. The second kappa shape index (κ2) is 6.70. The van der Waals surface area contributed by atoms with E-state index in [1.165, 1.54) is 0 Å². The van der Waals surface area contributed by atoms with Crippen LogP contribution in [0.15, 0.2) is 58.1 Å². The van der Waals surface area contributed by atoms with E-state index in [2.05, 4.69) is 36.8 Å². The van der Waals surface area contributed by atoms with Gasteiger partial charge in [0.1, 0.15) is 11.6 Å². The predicted octanol–water partition coefficient (Wildman–Crippen LogP) is 2.91. The average molecular weight is 372 g/mol. The standard InChI is InChI=1S/C16H14BrN5O/c1-11(22-15-8-3-2-7-14(15)19-21-22)16(23)20-18-10-12-5-4-6-13(17)9-12/h2-11H,1H3,(H,20,23)/t11-/m0/s1. The van der Waals surface area contributed by atoms with Gasteiger partial charge >= 0.3 is 0 Å². The van der Waals surface area contributed by atoms with E-state index in [4.69, 9.17) is 0 Å². The summed E-state index contributed by atoms with van der Waals surface area (Å²) in [6.07, 6.45) is 1.59. The van der Waals surface area contributed by atoms with Crippen molar-refractivity contribution in [2.45, 2.75) is 13.0 Å². The lowest BCUT2D eigenvalue weighted by atomic mass is 10.2. The zero-order chi connectivity index (χ0) is 16.2. The molecule has 6 nitrogen and oxygen atoms in total. The highest BCUT2D eigenvalue weighted by molar-refractivity contribution is 9.10. The molecule has 0 aliphatic heterocycles. The molecule has 1 atom stereocenters. The highest BCUT2D eigenvalue weighted by atomic mass is 79.9. The molecule has 1 N–H and O–H groups in total. The Morgan fingerprint density at radius 3 is 2.96 bits per heavy atom. The Kier molecular flexibility index (Phi) is 4.47. The van der Waals surface area contributed by atoms with Crippen LogP contribution in [0.4, 0.5) is 0 Å². The summed E-state index contributed by atoms with van der Waals surface area (Å²) < 4.78 is 2.54. The average Bonchev–Trinajstić information content (AvgIpc) is 2.98. The first-order valence-corrected chi connectivity index (χ1v) is 7.83. The van der Waals surface area contributed by atoms with E-state index in [1.807, 2.05) is 48.5 Å². The smallest absolute Gasteiger partial charge is 0.264 e. The van der Waals surface area contributed by atoms with Gasteiger partial charge in [0, 0.05) is 4.47 Å². The Morgan fingerprint density at radius 1 is 1.30 bits per heavy atom. The second-order valence-electron chi connectivity index (χ2n) is 4.99. The number of halogens is 1. The Hall–Kier alpha value is -2.54. The number of carbonyl (C=O) groups is 1. The molecule has 0 saturated carbocycles. The summed E-state index contributed by atoms with van der Waals surface area (Å²) in [5.74, 6) is -0.258. The summed E-state index contributed by atoms with van der Waals surface area (Å²) in [5, 5.41) is 12.1. The fourth-order valence-corrected chi connectivity index (χ4v) is 2.55. The molecule has 1 amide bonds. The van der Waals surface area contributed by atoms with Gasteiger partial charge in [0.25, 0.3) is 5.91 Å². The molecule has 116 valence electrons. The van der Waals surface area contributed by atoms with Crippen LogP contribution in [0, 0.1) is 0 Å².